The molecule has 0 saturated carbocycles. The number of benzene rings is 1. The predicted molar refractivity (Wildman–Crippen MR) is 66.6 cm³/mol. The molecule has 3 nitrogen and oxygen atoms in total. The minimum absolute atomic E-state index is 0.319. The molecule has 0 N–H and O–H groups in total. The largest absolute Gasteiger partial charge is 0.468 e. The maximum atomic E-state index is 12.1. The number of ether oxygens (including phenoxy) is 1. The Kier molecular flexibility index (Phi) is 4.97. The Balaban J connectivity index is 3.05. The van der Waals surface area contributed by atoms with Crippen LogP contribution in [0, 0.1) is 5.92 Å². The van der Waals surface area contributed by atoms with E-state index in [-0.39, 0.29) is 5.78 Å². The van der Waals surface area contributed by atoms with Crippen LogP contribution < -0.4 is 0 Å². The fourth-order valence-corrected chi connectivity index (χ4v) is 2.02. The van der Waals surface area contributed by atoms with Gasteiger partial charge in [0.2, 0.25) is 0 Å². The zero-order valence-electron chi connectivity index (χ0n) is 9.50. The zero-order valence-corrected chi connectivity index (χ0v) is 11.0. The summed E-state index contributed by atoms with van der Waals surface area (Å²) in [6, 6.07) is 4.50. The third kappa shape index (κ3) is 3.45. The molecule has 0 fully saturated rings. The minimum Gasteiger partial charge on any atom is -0.468 e. The highest BCUT2D eigenvalue weighted by Crippen LogP contribution is 2.22. The van der Waals surface area contributed by atoms with E-state index >= 15 is 0 Å². The lowest BCUT2D eigenvalue weighted by atomic mass is 9.95. The van der Waals surface area contributed by atoms with Crippen molar-refractivity contribution in [2.45, 2.75) is 13.3 Å². The summed E-state index contributed by atoms with van der Waals surface area (Å²) >= 11 is 11.6. The summed E-state index contributed by atoms with van der Waals surface area (Å²) in [5.74, 6) is -1.69. The standard InChI is InChI=1S/C12H12Cl2O3/c1-3-10(12(16)17-2)11(15)7-4-8(13)6-9(14)5-7/h4-6,10H,3H2,1-2H3. The van der Waals surface area contributed by atoms with Gasteiger partial charge in [-0.05, 0) is 24.6 Å². The van der Waals surface area contributed by atoms with E-state index in [1.54, 1.807) is 6.92 Å². The quantitative estimate of drug-likeness (QED) is 0.480. The molecule has 1 atom stereocenters. The van der Waals surface area contributed by atoms with Gasteiger partial charge in [0, 0.05) is 15.6 Å². The van der Waals surface area contributed by atoms with Crippen LogP contribution in [0.15, 0.2) is 18.2 Å². The number of rotatable bonds is 4. The van der Waals surface area contributed by atoms with Crippen LogP contribution in [0.3, 0.4) is 0 Å². The molecular weight excluding hydrogens is 263 g/mol. The van der Waals surface area contributed by atoms with Crippen LogP contribution >= 0.6 is 23.2 Å². The average molecular weight is 275 g/mol. The molecule has 0 spiro atoms. The summed E-state index contributed by atoms with van der Waals surface area (Å²) < 4.78 is 4.58. The highest BCUT2D eigenvalue weighted by atomic mass is 35.5. The molecule has 0 bridgehead atoms. The van der Waals surface area contributed by atoms with E-state index in [1.807, 2.05) is 0 Å². The summed E-state index contributed by atoms with van der Waals surface area (Å²) in [4.78, 5) is 23.5. The molecule has 1 aromatic rings. The molecule has 92 valence electrons. The van der Waals surface area contributed by atoms with Crippen LogP contribution in [0.1, 0.15) is 23.7 Å². The molecule has 1 aromatic carbocycles. The van der Waals surface area contributed by atoms with E-state index in [0.29, 0.717) is 22.0 Å². The SMILES string of the molecule is CCC(C(=O)OC)C(=O)c1cc(Cl)cc(Cl)c1. The molecule has 0 amide bonds. The van der Waals surface area contributed by atoms with Gasteiger partial charge >= 0.3 is 5.97 Å². The summed E-state index contributed by atoms with van der Waals surface area (Å²) in [5, 5.41) is 0.723. The van der Waals surface area contributed by atoms with Gasteiger partial charge in [0.25, 0.3) is 0 Å². The van der Waals surface area contributed by atoms with Gasteiger partial charge in [0.1, 0.15) is 5.92 Å². The minimum atomic E-state index is -0.811. The first-order chi connectivity index (χ1) is 7.99. The van der Waals surface area contributed by atoms with Crippen LogP contribution in [-0.4, -0.2) is 18.9 Å². The Hall–Kier alpha value is -1.06. The third-order valence-corrected chi connectivity index (χ3v) is 2.79. The smallest absolute Gasteiger partial charge is 0.316 e. The van der Waals surface area contributed by atoms with Crippen molar-refractivity contribution in [2.75, 3.05) is 7.11 Å². The van der Waals surface area contributed by atoms with Crippen LogP contribution in [-0.2, 0) is 9.53 Å². The molecule has 0 radical (unpaired) electrons. The van der Waals surface area contributed by atoms with Crippen molar-refractivity contribution in [3.63, 3.8) is 0 Å². The predicted octanol–water partition coefficient (Wildman–Crippen LogP) is 3.38. The lowest BCUT2D eigenvalue weighted by Crippen LogP contribution is -2.24. The first-order valence-electron chi connectivity index (χ1n) is 5.07. The number of carbonyl (C=O) groups is 2. The van der Waals surface area contributed by atoms with Gasteiger partial charge in [-0.25, -0.2) is 0 Å². The number of esters is 1. The van der Waals surface area contributed by atoms with Crippen molar-refractivity contribution in [1.29, 1.82) is 0 Å². The summed E-state index contributed by atoms with van der Waals surface area (Å²) in [5.41, 5.74) is 0.319. The van der Waals surface area contributed by atoms with Gasteiger partial charge < -0.3 is 4.74 Å². The van der Waals surface area contributed by atoms with Crippen molar-refractivity contribution in [3.8, 4) is 0 Å². The first kappa shape index (κ1) is 14.0. The van der Waals surface area contributed by atoms with Gasteiger partial charge in [-0.1, -0.05) is 30.1 Å². The fraction of sp³-hybridized carbons (Fsp3) is 0.333. The maximum absolute atomic E-state index is 12.1. The number of hydrogen-bond acceptors (Lipinski definition) is 3. The molecular formula is C12H12Cl2O3. The molecule has 0 aliphatic heterocycles. The number of methoxy groups -OCH3 is 1. The van der Waals surface area contributed by atoms with E-state index in [9.17, 15) is 9.59 Å². The van der Waals surface area contributed by atoms with Crippen LogP contribution in [0.2, 0.25) is 10.0 Å². The van der Waals surface area contributed by atoms with Crippen LogP contribution in [0.4, 0.5) is 0 Å². The highest BCUT2D eigenvalue weighted by Gasteiger charge is 2.26. The summed E-state index contributed by atoms with van der Waals surface area (Å²) in [7, 11) is 1.25. The van der Waals surface area contributed by atoms with Crippen molar-refractivity contribution in [3.05, 3.63) is 33.8 Å². The Morgan fingerprint density at radius 1 is 1.24 bits per heavy atom. The maximum Gasteiger partial charge on any atom is 0.316 e. The van der Waals surface area contributed by atoms with Crippen molar-refractivity contribution >= 4 is 35.0 Å². The van der Waals surface area contributed by atoms with E-state index < -0.39 is 11.9 Å². The number of halogens is 2. The first-order valence-corrected chi connectivity index (χ1v) is 5.83. The molecule has 0 aliphatic carbocycles. The normalized spacial score (nSPS) is 12.0. The Bertz CT molecular complexity index is 423. The van der Waals surface area contributed by atoms with E-state index in [2.05, 4.69) is 4.74 Å². The van der Waals surface area contributed by atoms with E-state index in [4.69, 9.17) is 23.2 Å². The number of Topliss-reactive ketones (excluding diaryl/α,β-unsaturated/α-hetero) is 1. The molecule has 0 heterocycles. The zero-order chi connectivity index (χ0) is 13.0. The van der Waals surface area contributed by atoms with E-state index in [0.717, 1.165) is 0 Å². The lowest BCUT2D eigenvalue weighted by Gasteiger charge is -2.11. The Morgan fingerprint density at radius 2 is 1.76 bits per heavy atom. The van der Waals surface area contributed by atoms with Gasteiger partial charge in [0.15, 0.2) is 5.78 Å². The fourth-order valence-electron chi connectivity index (χ4n) is 1.50. The number of carbonyl (C=O) groups excluding carboxylic acids is 2. The summed E-state index contributed by atoms with van der Waals surface area (Å²) in [6.45, 7) is 1.74. The summed E-state index contributed by atoms with van der Waals surface area (Å²) in [6.07, 6.45) is 0.371. The molecule has 1 unspecified atom stereocenters. The molecule has 0 aromatic heterocycles. The molecule has 5 heteroatoms. The molecule has 0 saturated heterocycles. The Labute approximate surface area is 110 Å². The highest BCUT2D eigenvalue weighted by molar-refractivity contribution is 6.35. The van der Waals surface area contributed by atoms with Gasteiger partial charge in [-0.3, -0.25) is 9.59 Å². The van der Waals surface area contributed by atoms with Crippen molar-refractivity contribution in [2.24, 2.45) is 5.92 Å². The van der Waals surface area contributed by atoms with Gasteiger partial charge in [-0.15, -0.1) is 0 Å². The van der Waals surface area contributed by atoms with Gasteiger partial charge in [-0.2, -0.15) is 0 Å². The molecule has 17 heavy (non-hydrogen) atoms. The lowest BCUT2D eigenvalue weighted by molar-refractivity contribution is -0.143. The number of ketones is 1. The van der Waals surface area contributed by atoms with E-state index in [1.165, 1.54) is 25.3 Å². The average Bonchev–Trinajstić information content (AvgIpc) is 2.28. The third-order valence-electron chi connectivity index (χ3n) is 2.36. The van der Waals surface area contributed by atoms with Crippen LogP contribution in [0.25, 0.3) is 0 Å². The second-order valence-electron chi connectivity index (χ2n) is 3.51. The van der Waals surface area contributed by atoms with Crippen molar-refractivity contribution in [1.82, 2.24) is 0 Å². The number of hydrogen-bond donors (Lipinski definition) is 0. The monoisotopic (exact) mass is 274 g/mol. The van der Waals surface area contributed by atoms with Crippen LogP contribution in [0.5, 0.6) is 0 Å². The molecule has 0 aliphatic rings. The second kappa shape index (κ2) is 6.03. The topological polar surface area (TPSA) is 43.4 Å². The Morgan fingerprint density at radius 3 is 2.18 bits per heavy atom. The van der Waals surface area contributed by atoms with Crippen molar-refractivity contribution < 1.29 is 14.3 Å². The van der Waals surface area contributed by atoms with Gasteiger partial charge in [0.05, 0.1) is 7.11 Å². The molecule has 1 rings (SSSR count). The second-order valence-corrected chi connectivity index (χ2v) is 4.38.